The van der Waals surface area contributed by atoms with Gasteiger partial charge in [0.2, 0.25) is 17.7 Å². The van der Waals surface area contributed by atoms with Crippen LogP contribution in [0.25, 0.3) is 0 Å². The molecule has 3 amide bonds. The van der Waals surface area contributed by atoms with Crippen molar-refractivity contribution in [2.24, 2.45) is 23.2 Å². The molecular formula is C30H48BrN3O5. The normalized spacial score (nSPS) is 30.9. The number of amides is 3. The first-order valence-electron chi connectivity index (χ1n) is 14.0. The minimum atomic E-state index is -1.18. The number of rotatable bonds is 11. The highest BCUT2D eigenvalue weighted by atomic mass is 79.9. The lowest BCUT2D eigenvalue weighted by atomic mass is 9.70. The number of fused-ring (bicyclic) bond motifs is 1. The first kappa shape index (κ1) is 31.8. The minimum Gasteiger partial charge on any atom is -0.394 e. The van der Waals surface area contributed by atoms with E-state index in [1.807, 2.05) is 27.7 Å². The Hall–Kier alpha value is -1.71. The lowest BCUT2D eigenvalue weighted by molar-refractivity contribution is -0.156. The number of ether oxygens (including phenoxy) is 1. The molecule has 1 spiro atoms. The molecule has 3 aliphatic rings. The number of aliphatic hydroxyl groups excluding tert-OH is 1. The van der Waals surface area contributed by atoms with Gasteiger partial charge in [-0.1, -0.05) is 62.7 Å². The van der Waals surface area contributed by atoms with Crippen LogP contribution in [0.2, 0.25) is 0 Å². The molecule has 7 atom stereocenters. The summed E-state index contributed by atoms with van der Waals surface area (Å²) in [6, 6.07) is -1.57. The van der Waals surface area contributed by atoms with Crippen molar-refractivity contribution >= 4 is 33.7 Å². The Balaban J connectivity index is 2.19. The molecule has 3 unspecified atom stereocenters. The second-order valence-electron chi connectivity index (χ2n) is 13.7. The number of carbonyl (C=O) groups is 3. The van der Waals surface area contributed by atoms with Crippen molar-refractivity contribution in [3.8, 4) is 0 Å². The maximum Gasteiger partial charge on any atom is 0.249 e. The highest BCUT2D eigenvalue weighted by Gasteiger charge is 2.77. The van der Waals surface area contributed by atoms with E-state index >= 15 is 0 Å². The summed E-state index contributed by atoms with van der Waals surface area (Å²) in [6.45, 7) is 22.4. The van der Waals surface area contributed by atoms with Crippen molar-refractivity contribution in [2.75, 3.05) is 26.7 Å². The fraction of sp³-hybridized carbons (Fsp3) is 0.767. The number of likely N-dealkylation sites (tertiary alicyclic amines) is 1. The molecule has 3 rings (SSSR count). The summed E-state index contributed by atoms with van der Waals surface area (Å²) in [5, 5.41) is 10.5. The zero-order chi connectivity index (χ0) is 29.7. The molecule has 0 aromatic rings. The number of likely N-dealkylation sites (N-methyl/N-ethyl adjacent to an activating group) is 1. The topological polar surface area (TPSA) is 90.4 Å². The van der Waals surface area contributed by atoms with Gasteiger partial charge in [0.05, 0.1) is 30.6 Å². The number of halogens is 1. The number of hydrogen-bond donors (Lipinski definition) is 1. The number of carbonyl (C=O) groups excluding carboxylic acids is 3. The summed E-state index contributed by atoms with van der Waals surface area (Å²) >= 11 is 3.73. The lowest BCUT2D eigenvalue weighted by Gasteiger charge is -2.47. The summed E-state index contributed by atoms with van der Waals surface area (Å²) in [7, 11) is 1.69. The van der Waals surface area contributed by atoms with Gasteiger partial charge in [-0.15, -0.1) is 13.2 Å². The smallest absolute Gasteiger partial charge is 0.249 e. The molecule has 3 fully saturated rings. The summed E-state index contributed by atoms with van der Waals surface area (Å²) in [5.74, 6) is -2.38. The quantitative estimate of drug-likeness (QED) is 0.285. The second kappa shape index (κ2) is 11.3. The van der Waals surface area contributed by atoms with Crippen LogP contribution in [-0.4, -0.2) is 98.4 Å². The van der Waals surface area contributed by atoms with Crippen LogP contribution in [0.1, 0.15) is 61.3 Å². The largest absolute Gasteiger partial charge is 0.394 e. The van der Waals surface area contributed by atoms with Crippen LogP contribution in [-0.2, 0) is 19.1 Å². The standard InChI is InChI=1S/C30H48BrN3O5/c1-11-13-32(10)25(36)21-22-26(37)34(20(16-35)18(3)4)24(30(22)15-19(31)23(21)39-30)27(38)33(14-12-2)29(8,9)17-28(5,6)7/h11-12,18-24,35H,1-2,13-17H2,3-10H3/t19?,20-,21-,22-,23-,24?,30?/m0/s1. The van der Waals surface area contributed by atoms with Gasteiger partial charge in [0.25, 0.3) is 0 Å². The lowest BCUT2D eigenvalue weighted by Crippen LogP contribution is -2.63. The van der Waals surface area contributed by atoms with Crippen LogP contribution < -0.4 is 0 Å². The van der Waals surface area contributed by atoms with Gasteiger partial charge in [-0.25, -0.2) is 0 Å². The summed E-state index contributed by atoms with van der Waals surface area (Å²) in [6.07, 6.45) is 3.98. The Kier molecular flexibility index (Phi) is 9.20. The van der Waals surface area contributed by atoms with Gasteiger partial charge < -0.3 is 24.5 Å². The maximum atomic E-state index is 14.8. The molecule has 0 aliphatic carbocycles. The second-order valence-corrected chi connectivity index (χ2v) is 14.9. The summed E-state index contributed by atoms with van der Waals surface area (Å²) < 4.78 is 6.67. The monoisotopic (exact) mass is 609 g/mol. The third kappa shape index (κ3) is 5.47. The predicted molar refractivity (Wildman–Crippen MR) is 156 cm³/mol. The molecule has 0 aromatic heterocycles. The van der Waals surface area contributed by atoms with Crippen molar-refractivity contribution in [2.45, 2.75) is 95.5 Å². The molecule has 1 N–H and O–H groups in total. The molecule has 220 valence electrons. The highest BCUT2D eigenvalue weighted by Crippen LogP contribution is 2.61. The zero-order valence-corrected chi connectivity index (χ0v) is 26.5. The van der Waals surface area contributed by atoms with E-state index in [-0.39, 0.29) is 40.5 Å². The van der Waals surface area contributed by atoms with Gasteiger partial charge in [0.15, 0.2) is 0 Å². The van der Waals surface area contributed by atoms with Crippen LogP contribution in [0.5, 0.6) is 0 Å². The van der Waals surface area contributed by atoms with Crippen molar-refractivity contribution in [1.29, 1.82) is 0 Å². The number of nitrogens with zero attached hydrogens (tertiary/aromatic N) is 3. The Morgan fingerprint density at radius 3 is 2.26 bits per heavy atom. The molecule has 3 heterocycles. The van der Waals surface area contributed by atoms with E-state index in [9.17, 15) is 19.5 Å². The summed E-state index contributed by atoms with van der Waals surface area (Å²) in [5.41, 5.74) is -1.79. The molecule has 0 radical (unpaired) electrons. The third-order valence-corrected chi connectivity index (χ3v) is 9.46. The first-order valence-corrected chi connectivity index (χ1v) is 14.9. The zero-order valence-electron chi connectivity index (χ0n) is 24.9. The van der Waals surface area contributed by atoms with E-state index in [4.69, 9.17) is 4.74 Å². The molecule has 3 saturated heterocycles. The van der Waals surface area contributed by atoms with E-state index in [0.717, 1.165) is 6.42 Å². The Labute approximate surface area is 242 Å². The molecule has 8 nitrogen and oxygen atoms in total. The minimum absolute atomic E-state index is 0.0582. The third-order valence-electron chi connectivity index (χ3n) is 8.61. The molecule has 3 aliphatic heterocycles. The SMILES string of the molecule is C=CCN(C)C(=O)[C@H]1[C@H]2C(=O)N([C@@H](CO)C(C)C)C(C(=O)N(CC=C)C(C)(C)CC(C)(C)C)C23CC(Br)[C@@H]1O3. The number of hydrogen-bond acceptors (Lipinski definition) is 5. The molecule has 9 heteroatoms. The van der Waals surface area contributed by atoms with Gasteiger partial charge in [-0.2, -0.15) is 0 Å². The van der Waals surface area contributed by atoms with Gasteiger partial charge >= 0.3 is 0 Å². The van der Waals surface area contributed by atoms with Gasteiger partial charge in [0.1, 0.15) is 11.6 Å². The first-order chi connectivity index (χ1) is 18.0. The van der Waals surface area contributed by atoms with Crippen LogP contribution >= 0.6 is 15.9 Å². The van der Waals surface area contributed by atoms with Gasteiger partial charge in [-0.3, -0.25) is 14.4 Å². The highest BCUT2D eigenvalue weighted by molar-refractivity contribution is 9.09. The van der Waals surface area contributed by atoms with Crippen molar-refractivity contribution in [1.82, 2.24) is 14.7 Å². The fourth-order valence-electron chi connectivity index (χ4n) is 7.45. The van der Waals surface area contributed by atoms with Crippen LogP contribution in [0.4, 0.5) is 0 Å². The maximum absolute atomic E-state index is 14.8. The van der Waals surface area contributed by atoms with Gasteiger partial charge in [-0.05, 0) is 38.0 Å². The predicted octanol–water partition coefficient (Wildman–Crippen LogP) is 3.63. The number of aliphatic hydroxyl groups is 1. The van der Waals surface area contributed by atoms with E-state index in [1.54, 1.807) is 33.9 Å². The molecular weight excluding hydrogens is 562 g/mol. The van der Waals surface area contributed by atoms with Crippen molar-refractivity contribution in [3.05, 3.63) is 25.3 Å². The van der Waals surface area contributed by atoms with Crippen molar-refractivity contribution < 1.29 is 24.2 Å². The van der Waals surface area contributed by atoms with Crippen LogP contribution in [0.15, 0.2) is 25.3 Å². The van der Waals surface area contributed by atoms with Crippen LogP contribution in [0, 0.1) is 23.2 Å². The molecule has 39 heavy (non-hydrogen) atoms. The van der Waals surface area contributed by atoms with Crippen LogP contribution in [0.3, 0.4) is 0 Å². The van der Waals surface area contributed by atoms with E-state index in [1.165, 1.54) is 0 Å². The summed E-state index contributed by atoms with van der Waals surface area (Å²) in [4.78, 5) is 47.7. The molecule has 0 saturated carbocycles. The van der Waals surface area contributed by atoms with Crippen molar-refractivity contribution in [3.63, 3.8) is 0 Å². The average molecular weight is 611 g/mol. The Bertz CT molecular complexity index is 992. The van der Waals surface area contributed by atoms with Gasteiger partial charge in [0, 0.05) is 30.5 Å². The van der Waals surface area contributed by atoms with E-state index in [2.05, 4.69) is 49.9 Å². The average Bonchev–Trinajstić information content (AvgIpc) is 3.39. The number of alkyl halides is 1. The van der Waals surface area contributed by atoms with E-state index in [0.29, 0.717) is 19.5 Å². The molecule has 2 bridgehead atoms. The Morgan fingerprint density at radius 1 is 1.18 bits per heavy atom. The fourth-order valence-corrected chi connectivity index (χ4v) is 8.39. The Morgan fingerprint density at radius 2 is 1.77 bits per heavy atom. The molecule has 0 aromatic carbocycles. The van der Waals surface area contributed by atoms with E-state index < -0.39 is 41.2 Å².